The van der Waals surface area contributed by atoms with Crippen LogP contribution in [0.25, 0.3) is 0 Å². The normalized spacial score (nSPS) is 17.7. The maximum Gasteiger partial charge on any atom is 0.311 e. The summed E-state index contributed by atoms with van der Waals surface area (Å²) in [6.45, 7) is 4.61. The van der Waals surface area contributed by atoms with Gasteiger partial charge in [0.1, 0.15) is 12.2 Å². The van der Waals surface area contributed by atoms with Gasteiger partial charge in [0.15, 0.2) is 0 Å². The Bertz CT molecular complexity index is 539. The quantitative estimate of drug-likeness (QED) is 0.818. The highest BCUT2D eigenvalue weighted by Crippen LogP contribution is 2.34. The molecule has 1 fully saturated rings. The average Bonchev–Trinajstić information content (AvgIpc) is 2.67. The number of aryl methyl sites for hydroxylation is 1. The molecule has 2 N–H and O–H groups in total. The van der Waals surface area contributed by atoms with Crippen molar-refractivity contribution in [3.63, 3.8) is 0 Å². The average molecular weight is 307 g/mol. The fourth-order valence-corrected chi connectivity index (χ4v) is 3.21. The molecular weight excluding hydrogens is 282 g/mol. The maximum atomic E-state index is 12.4. The Morgan fingerprint density at radius 2 is 1.91 bits per heavy atom. The van der Waals surface area contributed by atoms with Crippen molar-refractivity contribution in [3.8, 4) is 0 Å². The summed E-state index contributed by atoms with van der Waals surface area (Å²) in [5.41, 5.74) is 1.19. The van der Waals surface area contributed by atoms with Crippen molar-refractivity contribution in [2.75, 3.05) is 6.54 Å². The van der Waals surface area contributed by atoms with Crippen LogP contribution in [0.4, 0.5) is 0 Å². The van der Waals surface area contributed by atoms with Crippen LogP contribution in [0.1, 0.15) is 67.1 Å². The van der Waals surface area contributed by atoms with Gasteiger partial charge in [0.05, 0.1) is 11.8 Å². The Labute approximate surface area is 131 Å². The Morgan fingerprint density at radius 3 is 2.50 bits per heavy atom. The van der Waals surface area contributed by atoms with E-state index < -0.39 is 5.97 Å². The standard InChI is InChI=1S/C17H25NO4/c1-12-10-22-13(9-14(19)20)15(12)16(21)18-11-17(2)7-5-3-4-6-8-17/h10H,3-9,11H2,1-2H3,(H,18,21)(H,19,20). The largest absolute Gasteiger partial charge is 0.481 e. The Morgan fingerprint density at radius 1 is 1.27 bits per heavy atom. The number of furan rings is 1. The topological polar surface area (TPSA) is 79.5 Å². The number of carboxylic acids is 1. The first kappa shape index (κ1) is 16.6. The molecule has 5 heteroatoms. The molecule has 0 aliphatic heterocycles. The van der Waals surface area contributed by atoms with Crippen LogP contribution in [0.2, 0.25) is 0 Å². The van der Waals surface area contributed by atoms with E-state index in [4.69, 9.17) is 9.52 Å². The summed E-state index contributed by atoms with van der Waals surface area (Å²) in [7, 11) is 0. The lowest BCUT2D eigenvalue weighted by atomic mass is 9.82. The van der Waals surface area contributed by atoms with E-state index >= 15 is 0 Å². The van der Waals surface area contributed by atoms with Gasteiger partial charge in [-0.1, -0.05) is 32.6 Å². The van der Waals surface area contributed by atoms with Crippen molar-refractivity contribution in [3.05, 3.63) is 23.2 Å². The number of amides is 1. The Kier molecular flexibility index (Phi) is 5.27. The third-order valence-electron chi connectivity index (χ3n) is 4.58. The molecule has 1 heterocycles. The molecule has 0 radical (unpaired) electrons. The van der Waals surface area contributed by atoms with Crippen molar-refractivity contribution in [2.24, 2.45) is 5.41 Å². The second-order valence-electron chi connectivity index (χ2n) is 6.69. The number of hydrogen-bond donors (Lipinski definition) is 2. The van der Waals surface area contributed by atoms with Gasteiger partial charge >= 0.3 is 5.97 Å². The highest BCUT2D eigenvalue weighted by Gasteiger charge is 2.27. The number of hydrogen-bond acceptors (Lipinski definition) is 3. The molecule has 0 bridgehead atoms. The highest BCUT2D eigenvalue weighted by atomic mass is 16.4. The summed E-state index contributed by atoms with van der Waals surface area (Å²) in [5, 5.41) is 11.9. The van der Waals surface area contributed by atoms with E-state index in [-0.39, 0.29) is 23.5 Å². The number of carbonyl (C=O) groups excluding carboxylic acids is 1. The summed E-state index contributed by atoms with van der Waals surface area (Å²) in [6, 6.07) is 0. The van der Waals surface area contributed by atoms with Gasteiger partial charge in [-0.2, -0.15) is 0 Å². The molecule has 1 aromatic rings. The number of aliphatic carboxylic acids is 1. The predicted molar refractivity (Wildman–Crippen MR) is 82.9 cm³/mol. The molecule has 1 aliphatic rings. The smallest absolute Gasteiger partial charge is 0.311 e. The van der Waals surface area contributed by atoms with Crippen LogP contribution in [0.5, 0.6) is 0 Å². The van der Waals surface area contributed by atoms with Crippen LogP contribution in [-0.4, -0.2) is 23.5 Å². The van der Waals surface area contributed by atoms with Gasteiger partial charge in [0.2, 0.25) is 0 Å². The molecule has 22 heavy (non-hydrogen) atoms. The Balaban J connectivity index is 2.03. The molecule has 0 atom stereocenters. The van der Waals surface area contributed by atoms with Crippen LogP contribution in [0.3, 0.4) is 0 Å². The van der Waals surface area contributed by atoms with Crippen LogP contribution >= 0.6 is 0 Å². The molecule has 0 aromatic carbocycles. The molecule has 5 nitrogen and oxygen atoms in total. The van der Waals surface area contributed by atoms with E-state index in [0.717, 1.165) is 12.8 Å². The summed E-state index contributed by atoms with van der Waals surface area (Å²) >= 11 is 0. The van der Waals surface area contributed by atoms with Crippen LogP contribution in [-0.2, 0) is 11.2 Å². The van der Waals surface area contributed by atoms with E-state index in [0.29, 0.717) is 17.7 Å². The van der Waals surface area contributed by atoms with Crippen molar-refractivity contribution < 1.29 is 19.1 Å². The Hall–Kier alpha value is -1.78. The van der Waals surface area contributed by atoms with Crippen LogP contribution in [0.15, 0.2) is 10.7 Å². The van der Waals surface area contributed by atoms with Gasteiger partial charge in [-0.3, -0.25) is 9.59 Å². The zero-order valence-electron chi connectivity index (χ0n) is 13.4. The van der Waals surface area contributed by atoms with Crippen molar-refractivity contribution in [1.29, 1.82) is 0 Å². The van der Waals surface area contributed by atoms with Gasteiger partial charge in [0, 0.05) is 12.1 Å². The maximum absolute atomic E-state index is 12.4. The fraction of sp³-hybridized carbons (Fsp3) is 0.647. The number of nitrogens with one attached hydrogen (secondary N) is 1. The van der Waals surface area contributed by atoms with Crippen LogP contribution < -0.4 is 5.32 Å². The molecule has 0 saturated heterocycles. The lowest BCUT2D eigenvalue weighted by Gasteiger charge is -2.28. The third-order valence-corrected chi connectivity index (χ3v) is 4.58. The molecule has 0 spiro atoms. The van der Waals surface area contributed by atoms with Crippen molar-refractivity contribution in [2.45, 2.75) is 58.8 Å². The summed E-state index contributed by atoms with van der Waals surface area (Å²) < 4.78 is 5.22. The molecule has 122 valence electrons. The second-order valence-corrected chi connectivity index (χ2v) is 6.69. The molecule has 1 amide bonds. The molecule has 1 aliphatic carbocycles. The lowest BCUT2D eigenvalue weighted by Crippen LogP contribution is -2.36. The minimum Gasteiger partial charge on any atom is -0.481 e. The molecule has 2 rings (SSSR count). The zero-order chi connectivity index (χ0) is 16.2. The predicted octanol–water partition coefficient (Wildman–Crippen LogP) is 3.31. The van der Waals surface area contributed by atoms with Crippen molar-refractivity contribution in [1.82, 2.24) is 5.32 Å². The highest BCUT2D eigenvalue weighted by molar-refractivity contribution is 5.97. The third kappa shape index (κ3) is 4.12. The number of carboxylic acid groups (broad SMARTS) is 1. The molecule has 1 aromatic heterocycles. The zero-order valence-corrected chi connectivity index (χ0v) is 13.4. The van der Waals surface area contributed by atoms with Gasteiger partial charge in [-0.25, -0.2) is 0 Å². The summed E-state index contributed by atoms with van der Waals surface area (Å²) in [6.07, 6.45) is 8.39. The first-order valence-corrected chi connectivity index (χ1v) is 7.98. The van der Waals surface area contributed by atoms with E-state index in [2.05, 4.69) is 12.2 Å². The van der Waals surface area contributed by atoms with E-state index in [9.17, 15) is 9.59 Å². The first-order chi connectivity index (χ1) is 10.4. The fourth-order valence-electron chi connectivity index (χ4n) is 3.21. The minimum absolute atomic E-state index is 0.136. The second kappa shape index (κ2) is 6.99. The van der Waals surface area contributed by atoms with Gasteiger partial charge in [0.25, 0.3) is 5.91 Å². The van der Waals surface area contributed by atoms with Gasteiger partial charge in [-0.15, -0.1) is 0 Å². The van der Waals surface area contributed by atoms with Gasteiger partial charge < -0.3 is 14.8 Å². The van der Waals surface area contributed by atoms with E-state index in [1.807, 2.05) is 0 Å². The monoisotopic (exact) mass is 307 g/mol. The lowest BCUT2D eigenvalue weighted by molar-refractivity contribution is -0.136. The minimum atomic E-state index is -1.00. The summed E-state index contributed by atoms with van der Waals surface area (Å²) in [5.74, 6) is -0.999. The number of carbonyl (C=O) groups is 2. The van der Waals surface area contributed by atoms with Gasteiger partial charge in [-0.05, 0) is 25.2 Å². The summed E-state index contributed by atoms with van der Waals surface area (Å²) in [4.78, 5) is 23.3. The first-order valence-electron chi connectivity index (χ1n) is 7.98. The number of rotatable bonds is 5. The van der Waals surface area contributed by atoms with E-state index in [1.165, 1.54) is 31.9 Å². The molecule has 0 unspecified atom stereocenters. The van der Waals surface area contributed by atoms with E-state index in [1.54, 1.807) is 6.92 Å². The van der Waals surface area contributed by atoms with Crippen molar-refractivity contribution >= 4 is 11.9 Å². The molecule has 1 saturated carbocycles. The SMILES string of the molecule is Cc1coc(CC(=O)O)c1C(=O)NCC1(C)CCCCCC1. The molecular formula is C17H25NO4. The van der Waals surface area contributed by atoms with Crippen LogP contribution in [0, 0.1) is 12.3 Å².